The molecule has 0 spiro atoms. The molecule has 0 bridgehead atoms. The summed E-state index contributed by atoms with van der Waals surface area (Å²) in [6.45, 7) is 4.28. The van der Waals surface area contributed by atoms with Crippen LogP contribution in [0.25, 0.3) is 17.0 Å². The van der Waals surface area contributed by atoms with Gasteiger partial charge in [0.25, 0.3) is 10.9 Å². The van der Waals surface area contributed by atoms with Crippen LogP contribution in [0.15, 0.2) is 63.1 Å². The molecule has 1 N–H and O–H groups in total. The number of nitrogens with zero attached hydrogens (tertiary/aromatic N) is 4. The highest BCUT2D eigenvalue weighted by Crippen LogP contribution is 2.33. The summed E-state index contributed by atoms with van der Waals surface area (Å²) in [7, 11) is 0. The maximum atomic E-state index is 12.0. The van der Waals surface area contributed by atoms with Crippen molar-refractivity contribution in [3.05, 3.63) is 86.3 Å². The molecule has 10 heteroatoms. The standard InChI is InChI=1S/C23H20N4O5S/c1-3-21-24-25-23(32-21)33-20(22(28)29)12-18-14(2)26(19-7-5-4-6-17(18)19)13-15-8-10-16(11-9-15)27(30)31/h4-12H,3,13H2,1-2H3,(H,28,29)/b20-12-. The lowest BCUT2D eigenvalue weighted by atomic mass is 10.1. The molecule has 4 rings (SSSR count). The number of carboxylic acid groups (broad SMARTS) is 1. The molecular formula is C23H20N4O5S. The lowest BCUT2D eigenvalue weighted by Crippen LogP contribution is -2.02. The van der Waals surface area contributed by atoms with Crippen molar-refractivity contribution in [1.82, 2.24) is 14.8 Å². The van der Waals surface area contributed by atoms with Crippen molar-refractivity contribution in [2.75, 3.05) is 0 Å². The van der Waals surface area contributed by atoms with Gasteiger partial charge in [0, 0.05) is 47.3 Å². The number of hydrogen-bond donors (Lipinski definition) is 1. The van der Waals surface area contributed by atoms with Crippen LogP contribution < -0.4 is 0 Å². The molecule has 168 valence electrons. The third kappa shape index (κ3) is 4.65. The normalized spacial score (nSPS) is 11.8. The highest BCUT2D eigenvalue weighted by Gasteiger charge is 2.19. The Kier molecular flexibility index (Phi) is 6.27. The summed E-state index contributed by atoms with van der Waals surface area (Å²) < 4.78 is 7.53. The van der Waals surface area contributed by atoms with Gasteiger partial charge in [-0.1, -0.05) is 37.3 Å². The maximum Gasteiger partial charge on any atom is 0.342 e. The van der Waals surface area contributed by atoms with Gasteiger partial charge in [0.05, 0.1) is 4.92 Å². The second-order valence-electron chi connectivity index (χ2n) is 7.26. The number of nitro benzene ring substituents is 1. The van der Waals surface area contributed by atoms with Gasteiger partial charge < -0.3 is 14.1 Å². The molecule has 33 heavy (non-hydrogen) atoms. The summed E-state index contributed by atoms with van der Waals surface area (Å²) in [5.74, 6) is -0.652. The van der Waals surface area contributed by atoms with Crippen LogP contribution >= 0.6 is 11.8 Å². The van der Waals surface area contributed by atoms with E-state index in [1.54, 1.807) is 18.2 Å². The van der Waals surface area contributed by atoms with Crippen molar-refractivity contribution >= 4 is 40.4 Å². The summed E-state index contributed by atoms with van der Waals surface area (Å²) in [6, 6.07) is 14.1. The maximum absolute atomic E-state index is 12.0. The molecule has 0 atom stereocenters. The Bertz CT molecular complexity index is 1370. The van der Waals surface area contributed by atoms with Gasteiger partial charge in [-0.25, -0.2) is 4.79 Å². The van der Waals surface area contributed by atoms with Crippen molar-refractivity contribution in [2.24, 2.45) is 0 Å². The van der Waals surface area contributed by atoms with E-state index in [1.165, 1.54) is 12.1 Å². The number of aliphatic carboxylic acids is 1. The van der Waals surface area contributed by atoms with E-state index in [0.717, 1.165) is 39.5 Å². The largest absolute Gasteiger partial charge is 0.477 e. The SMILES string of the molecule is CCc1nnc(S/C(=C\c2c(C)n(Cc3ccc([N+](=O)[O-])cc3)c3ccccc23)C(=O)O)o1. The zero-order valence-electron chi connectivity index (χ0n) is 17.9. The summed E-state index contributed by atoms with van der Waals surface area (Å²) >= 11 is 0.911. The van der Waals surface area contributed by atoms with Gasteiger partial charge in [0.2, 0.25) is 5.89 Å². The topological polar surface area (TPSA) is 124 Å². The first-order valence-electron chi connectivity index (χ1n) is 10.1. The number of benzene rings is 2. The zero-order chi connectivity index (χ0) is 23.5. The van der Waals surface area contributed by atoms with E-state index in [0.29, 0.717) is 18.9 Å². The fourth-order valence-electron chi connectivity index (χ4n) is 3.53. The number of non-ortho nitro benzene ring substituents is 1. The molecule has 0 saturated heterocycles. The lowest BCUT2D eigenvalue weighted by molar-refractivity contribution is -0.384. The molecule has 0 aliphatic rings. The predicted octanol–water partition coefficient (Wildman–Crippen LogP) is 5.07. The monoisotopic (exact) mass is 464 g/mol. The molecule has 0 fully saturated rings. The van der Waals surface area contributed by atoms with Crippen LogP contribution in [0.3, 0.4) is 0 Å². The average Bonchev–Trinajstić information content (AvgIpc) is 3.37. The van der Waals surface area contributed by atoms with Gasteiger partial charge in [-0.2, -0.15) is 0 Å². The lowest BCUT2D eigenvalue weighted by Gasteiger charge is -2.09. The molecule has 9 nitrogen and oxygen atoms in total. The van der Waals surface area contributed by atoms with Crippen LogP contribution in [0.2, 0.25) is 0 Å². The van der Waals surface area contributed by atoms with Gasteiger partial charge >= 0.3 is 5.97 Å². The Morgan fingerprint density at radius 2 is 1.94 bits per heavy atom. The number of fused-ring (bicyclic) bond motifs is 1. The van der Waals surface area contributed by atoms with Gasteiger partial charge in [-0.3, -0.25) is 10.1 Å². The number of aryl methyl sites for hydroxylation is 1. The van der Waals surface area contributed by atoms with Crippen LogP contribution in [-0.2, 0) is 17.8 Å². The number of rotatable bonds is 8. The minimum atomic E-state index is -1.09. The van der Waals surface area contributed by atoms with E-state index in [-0.39, 0.29) is 15.8 Å². The van der Waals surface area contributed by atoms with E-state index in [4.69, 9.17) is 4.42 Å². The summed E-state index contributed by atoms with van der Waals surface area (Å²) in [5.41, 5.74) is 3.50. The quantitative estimate of drug-likeness (QED) is 0.166. The van der Waals surface area contributed by atoms with E-state index < -0.39 is 10.9 Å². The second kappa shape index (κ2) is 9.29. The number of para-hydroxylation sites is 1. The zero-order valence-corrected chi connectivity index (χ0v) is 18.7. The van der Waals surface area contributed by atoms with Crippen LogP contribution in [0.5, 0.6) is 0 Å². The second-order valence-corrected chi connectivity index (χ2v) is 8.25. The summed E-state index contributed by atoms with van der Waals surface area (Å²) in [4.78, 5) is 22.5. The third-order valence-electron chi connectivity index (χ3n) is 5.20. The molecule has 2 aromatic carbocycles. The number of hydrogen-bond acceptors (Lipinski definition) is 7. The molecule has 0 saturated carbocycles. The Hall–Kier alpha value is -3.92. The molecule has 0 radical (unpaired) electrons. The van der Waals surface area contributed by atoms with E-state index in [9.17, 15) is 20.0 Å². The highest BCUT2D eigenvalue weighted by atomic mass is 32.2. The first-order chi connectivity index (χ1) is 15.9. The van der Waals surface area contributed by atoms with Gasteiger partial charge in [-0.15, -0.1) is 10.2 Å². The van der Waals surface area contributed by atoms with Gasteiger partial charge in [-0.05, 0) is 36.4 Å². The van der Waals surface area contributed by atoms with E-state index >= 15 is 0 Å². The minimum absolute atomic E-state index is 0.0341. The van der Waals surface area contributed by atoms with Crippen LogP contribution in [-0.4, -0.2) is 30.8 Å². The summed E-state index contributed by atoms with van der Waals surface area (Å²) in [5, 5.41) is 29.6. The van der Waals surface area contributed by atoms with Crippen LogP contribution in [0.4, 0.5) is 5.69 Å². The number of thioether (sulfide) groups is 1. The molecular weight excluding hydrogens is 444 g/mol. The van der Waals surface area contributed by atoms with Crippen LogP contribution in [0, 0.1) is 17.0 Å². The smallest absolute Gasteiger partial charge is 0.342 e. The molecule has 0 aliphatic carbocycles. The predicted molar refractivity (Wildman–Crippen MR) is 124 cm³/mol. The highest BCUT2D eigenvalue weighted by molar-refractivity contribution is 8.03. The number of aromatic nitrogens is 3. The van der Waals surface area contributed by atoms with Crippen LogP contribution in [0.1, 0.15) is 29.6 Å². The number of carbonyl (C=O) groups is 1. The summed E-state index contributed by atoms with van der Waals surface area (Å²) in [6.07, 6.45) is 2.18. The van der Waals surface area contributed by atoms with Gasteiger partial charge in [0.1, 0.15) is 4.91 Å². The Balaban J connectivity index is 1.75. The van der Waals surface area contributed by atoms with Crippen molar-refractivity contribution < 1.29 is 19.2 Å². The molecule has 4 aromatic rings. The van der Waals surface area contributed by atoms with Crippen molar-refractivity contribution in [3.8, 4) is 0 Å². The Morgan fingerprint density at radius 3 is 2.58 bits per heavy atom. The first-order valence-corrected chi connectivity index (χ1v) is 11.0. The molecule has 2 heterocycles. The average molecular weight is 465 g/mol. The Labute approximate surface area is 192 Å². The van der Waals surface area contributed by atoms with E-state index in [1.807, 2.05) is 38.1 Å². The molecule has 0 aliphatic heterocycles. The van der Waals surface area contributed by atoms with Crippen molar-refractivity contribution in [1.29, 1.82) is 0 Å². The fraction of sp³-hybridized carbons (Fsp3) is 0.174. The first kappa shape index (κ1) is 22.3. The molecule has 0 unspecified atom stereocenters. The van der Waals surface area contributed by atoms with Crippen molar-refractivity contribution in [3.63, 3.8) is 0 Å². The Morgan fingerprint density at radius 1 is 1.21 bits per heavy atom. The fourth-order valence-corrected chi connectivity index (χ4v) is 4.20. The molecule has 0 amide bonds. The third-order valence-corrected chi connectivity index (χ3v) is 6.05. The molecule has 2 aromatic heterocycles. The number of nitro groups is 1. The van der Waals surface area contributed by atoms with Crippen molar-refractivity contribution in [2.45, 2.75) is 32.0 Å². The van der Waals surface area contributed by atoms with E-state index in [2.05, 4.69) is 14.8 Å². The minimum Gasteiger partial charge on any atom is -0.477 e. The van der Waals surface area contributed by atoms with Gasteiger partial charge in [0.15, 0.2) is 0 Å². The number of carboxylic acids is 1.